The van der Waals surface area contributed by atoms with Crippen LogP contribution in [0.3, 0.4) is 0 Å². The van der Waals surface area contributed by atoms with E-state index in [2.05, 4.69) is 5.32 Å². The average molecular weight is 256 g/mol. The molecule has 1 unspecified atom stereocenters. The molecule has 0 aromatic heterocycles. The topological polar surface area (TPSA) is 73.6 Å². The van der Waals surface area contributed by atoms with Crippen molar-refractivity contribution in [1.82, 2.24) is 0 Å². The lowest BCUT2D eigenvalue weighted by Crippen LogP contribution is -2.28. The van der Waals surface area contributed by atoms with Crippen molar-refractivity contribution in [2.75, 3.05) is 31.4 Å². The number of methoxy groups -OCH3 is 1. The minimum atomic E-state index is -0.619. The number of rotatable bonds is 6. The fraction of sp³-hybridized carbons (Fsp3) is 0.417. The van der Waals surface area contributed by atoms with E-state index in [0.29, 0.717) is 18.9 Å². The van der Waals surface area contributed by atoms with Gasteiger partial charge in [-0.2, -0.15) is 0 Å². The number of nitrogen functional groups attached to an aromatic ring is 1. The third-order valence-electron chi connectivity index (χ3n) is 2.29. The van der Waals surface area contributed by atoms with Gasteiger partial charge in [0.25, 0.3) is 5.91 Å². The first-order valence-corrected chi connectivity index (χ1v) is 5.51. The molecular weight excluding hydrogens is 239 g/mol. The molecule has 5 nitrogen and oxygen atoms in total. The van der Waals surface area contributed by atoms with Crippen molar-refractivity contribution < 1.29 is 18.7 Å². The third-order valence-corrected chi connectivity index (χ3v) is 2.29. The summed E-state index contributed by atoms with van der Waals surface area (Å²) in [7, 11) is 1.55. The summed E-state index contributed by atoms with van der Waals surface area (Å²) in [6, 6.07) is 3.99. The minimum absolute atomic E-state index is 0.0132. The van der Waals surface area contributed by atoms with Crippen molar-refractivity contribution in [2.24, 2.45) is 0 Å². The van der Waals surface area contributed by atoms with Gasteiger partial charge in [0, 0.05) is 12.8 Å². The molecule has 0 saturated carbocycles. The SMILES string of the molecule is COCCOC(C)C(=O)Nc1ccc(F)c(N)c1. The van der Waals surface area contributed by atoms with Gasteiger partial charge in [-0.3, -0.25) is 4.79 Å². The predicted molar refractivity (Wildman–Crippen MR) is 66.7 cm³/mol. The molecule has 0 aliphatic heterocycles. The quantitative estimate of drug-likeness (QED) is 0.596. The maximum absolute atomic E-state index is 12.9. The average Bonchev–Trinajstić information content (AvgIpc) is 2.34. The Bertz CT molecular complexity index is 412. The molecule has 0 radical (unpaired) electrons. The highest BCUT2D eigenvalue weighted by atomic mass is 19.1. The fourth-order valence-electron chi connectivity index (χ4n) is 1.25. The van der Waals surface area contributed by atoms with Crippen LogP contribution in [-0.4, -0.2) is 32.3 Å². The molecule has 6 heteroatoms. The molecule has 100 valence electrons. The fourth-order valence-corrected chi connectivity index (χ4v) is 1.25. The van der Waals surface area contributed by atoms with Crippen molar-refractivity contribution >= 4 is 17.3 Å². The second-order valence-corrected chi connectivity index (χ2v) is 3.73. The molecule has 18 heavy (non-hydrogen) atoms. The molecule has 1 atom stereocenters. The summed E-state index contributed by atoms with van der Waals surface area (Å²) in [5.41, 5.74) is 5.81. The molecule has 1 aromatic carbocycles. The zero-order chi connectivity index (χ0) is 13.5. The van der Waals surface area contributed by atoms with Gasteiger partial charge in [-0.15, -0.1) is 0 Å². The van der Waals surface area contributed by atoms with E-state index >= 15 is 0 Å². The normalized spacial score (nSPS) is 12.2. The Morgan fingerprint density at radius 1 is 1.50 bits per heavy atom. The maximum Gasteiger partial charge on any atom is 0.253 e. The van der Waals surface area contributed by atoms with Gasteiger partial charge in [0.1, 0.15) is 11.9 Å². The van der Waals surface area contributed by atoms with Crippen LogP contribution in [0.5, 0.6) is 0 Å². The number of nitrogens with one attached hydrogen (secondary N) is 1. The van der Waals surface area contributed by atoms with Gasteiger partial charge in [-0.05, 0) is 25.1 Å². The standard InChI is InChI=1S/C12H17FN2O3/c1-8(18-6-5-17-2)12(16)15-9-3-4-10(13)11(14)7-9/h3-4,7-8H,5-6,14H2,1-2H3,(H,15,16). The van der Waals surface area contributed by atoms with Crippen LogP contribution in [0, 0.1) is 5.82 Å². The van der Waals surface area contributed by atoms with E-state index in [1.807, 2.05) is 0 Å². The highest BCUT2D eigenvalue weighted by Gasteiger charge is 2.13. The number of hydrogen-bond acceptors (Lipinski definition) is 4. The largest absolute Gasteiger partial charge is 0.396 e. The summed E-state index contributed by atoms with van der Waals surface area (Å²) in [6.07, 6.45) is -0.619. The Labute approximate surface area is 105 Å². The first-order chi connectivity index (χ1) is 8.54. The van der Waals surface area contributed by atoms with E-state index in [0.717, 1.165) is 0 Å². The summed E-state index contributed by atoms with van der Waals surface area (Å²) in [5, 5.41) is 2.59. The van der Waals surface area contributed by atoms with Crippen molar-refractivity contribution in [2.45, 2.75) is 13.0 Å². The Kier molecular flexibility index (Phi) is 5.54. The van der Waals surface area contributed by atoms with Crippen LogP contribution in [0.2, 0.25) is 0 Å². The van der Waals surface area contributed by atoms with Gasteiger partial charge in [-0.25, -0.2) is 4.39 Å². The van der Waals surface area contributed by atoms with Crippen LogP contribution in [0.25, 0.3) is 0 Å². The van der Waals surface area contributed by atoms with Crippen molar-refractivity contribution in [3.8, 4) is 0 Å². The van der Waals surface area contributed by atoms with E-state index in [9.17, 15) is 9.18 Å². The number of carbonyl (C=O) groups is 1. The lowest BCUT2D eigenvalue weighted by Gasteiger charge is -2.13. The van der Waals surface area contributed by atoms with Gasteiger partial charge in [0.2, 0.25) is 0 Å². The second-order valence-electron chi connectivity index (χ2n) is 3.73. The summed E-state index contributed by atoms with van der Waals surface area (Å²) < 4.78 is 23.0. The van der Waals surface area contributed by atoms with Gasteiger partial charge in [0.15, 0.2) is 0 Å². The summed E-state index contributed by atoms with van der Waals surface area (Å²) in [5.74, 6) is -0.838. The van der Waals surface area contributed by atoms with Crippen LogP contribution in [-0.2, 0) is 14.3 Å². The molecular formula is C12H17FN2O3. The summed E-state index contributed by atoms with van der Waals surface area (Å²) in [4.78, 5) is 11.7. The number of benzene rings is 1. The molecule has 1 aromatic rings. The van der Waals surface area contributed by atoms with Gasteiger partial charge < -0.3 is 20.5 Å². The van der Waals surface area contributed by atoms with Gasteiger partial charge in [0.05, 0.1) is 18.9 Å². The van der Waals surface area contributed by atoms with Crippen LogP contribution < -0.4 is 11.1 Å². The molecule has 0 heterocycles. The molecule has 1 rings (SSSR count). The lowest BCUT2D eigenvalue weighted by atomic mass is 10.2. The third kappa shape index (κ3) is 4.31. The van der Waals surface area contributed by atoms with E-state index in [4.69, 9.17) is 15.2 Å². The van der Waals surface area contributed by atoms with Crippen molar-refractivity contribution in [3.63, 3.8) is 0 Å². The van der Waals surface area contributed by atoms with E-state index < -0.39 is 11.9 Å². The lowest BCUT2D eigenvalue weighted by molar-refractivity contribution is -0.127. The number of anilines is 2. The molecule has 3 N–H and O–H groups in total. The molecule has 0 bridgehead atoms. The van der Waals surface area contributed by atoms with Crippen LogP contribution >= 0.6 is 0 Å². The number of ether oxygens (including phenoxy) is 2. The maximum atomic E-state index is 12.9. The number of amides is 1. The van der Waals surface area contributed by atoms with Crippen LogP contribution in [0.1, 0.15) is 6.92 Å². The predicted octanol–water partition coefficient (Wildman–Crippen LogP) is 1.40. The summed E-state index contributed by atoms with van der Waals surface area (Å²) >= 11 is 0. The van der Waals surface area contributed by atoms with Crippen LogP contribution in [0.4, 0.5) is 15.8 Å². The first-order valence-electron chi connectivity index (χ1n) is 5.51. The number of carbonyl (C=O) groups excluding carboxylic acids is 1. The number of hydrogen-bond donors (Lipinski definition) is 2. The van der Waals surface area contributed by atoms with Gasteiger partial charge in [-0.1, -0.05) is 0 Å². The zero-order valence-corrected chi connectivity index (χ0v) is 10.4. The Morgan fingerprint density at radius 3 is 2.83 bits per heavy atom. The number of nitrogens with two attached hydrogens (primary N) is 1. The molecule has 0 aliphatic rings. The Balaban J connectivity index is 2.50. The van der Waals surface area contributed by atoms with Crippen molar-refractivity contribution in [3.05, 3.63) is 24.0 Å². The minimum Gasteiger partial charge on any atom is -0.396 e. The Hall–Kier alpha value is -1.66. The molecule has 0 saturated heterocycles. The van der Waals surface area contributed by atoms with E-state index in [-0.39, 0.29) is 11.6 Å². The first kappa shape index (κ1) is 14.4. The monoisotopic (exact) mass is 256 g/mol. The molecule has 0 spiro atoms. The molecule has 0 fully saturated rings. The smallest absolute Gasteiger partial charge is 0.253 e. The highest BCUT2D eigenvalue weighted by molar-refractivity contribution is 5.94. The molecule has 0 aliphatic carbocycles. The second kappa shape index (κ2) is 6.93. The molecule has 1 amide bonds. The van der Waals surface area contributed by atoms with Crippen molar-refractivity contribution in [1.29, 1.82) is 0 Å². The zero-order valence-electron chi connectivity index (χ0n) is 10.4. The van der Waals surface area contributed by atoms with Gasteiger partial charge >= 0.3 is 0 Å². The van der Waals surface area contributed by atoms with E-state index in [1.54, 1.807) is 14.0 Å². The number of halogens is 1. The van der Waals surface area contributed by atoms with Crippen LogP contribution in [0.15, 0.2) is 18.2 Å². The highest BCUT2D eigenvalue weighted by Crippen LogP contribution is 2.16. The van der Waals surface area contributed by atoms with E-state index in [1.165, 1.54) is 18.2 Å². The summed E-state index contributed by atoms with van der Waals surface area (Å²) in [6.45, 7) is 2.37. The Morgan fingerprint density at radius 2 is 2.22 bits per heavy atom.